The van der Waals surface area contributed by atoms with E-state index in [0.29, 0.717) is 17.3 Å². The van der Waals surface area contributed by atoms with Crippen molar-refractivity contribution in [1.29, 1.82) is 0 Å². The van der Waals surface area contributed by atoms with Crippen LogP contribution in [0.15, 0.2) is 24.3 Å². The van der Waals surface area contributed by atoms with Crippen molar-refractivity contribution in [3.8, 4) is 11.4 Å². The van der Waals surface area contributed by atoms with Crippen molar-refractivity contribution in [3.05, 3.63) is 35.5 Å². The summed E-state index contributed by atoms with van der Waals surface area (Å²) in [6, 6.07) is 7.56. The molecule has 1 aliphatic heterocycles. The van der Waals surface area contributed by atoms with Gasteiger partial charge >= 0.3 is 0 Å². The molecule has 1 aromatic carbocycles. The molecule has 2 aliphatic rings. The quantitative estimate of drug-likeness (QED) is 0.893. The number of nitrogens with one attached hydrogen (secondary N) is 1. The standard InChI is InChI=1S/C19H23N3O3S/c1-25-15-9-7-14(8-10-15)22-18(16-11-26(24)12-17(16)21-22)20-19(23)13-5-3-2-4-6-13/h7-10,13H,2-6,11-12H2,1H3,(H,20,23)/t26-/m0/s1. The highest BCUT2D eigenvalue weighted by Crippen LogP contribution is 2.33. The van der Waals surface area contributed by atoms with Crippen molar-refractivity contribution in [2.75, 3.05) is 12.4 Å². The number of aromatic nitrogens is 2. The molecule has 1 aromatic heterocycles. The lowest BCUT2D eigenvalue weighted by Gasteiger charge is -2.21. The van der Waals surface area contributed by atoms with Gasteiger partial charge in [-0.15, -0.1) is 0 Å². The summed E-state index contributed by atoms with van der Waals surface area (Å²) < 4.78 is 18.9. The smallest absolute Gasteiger partial charge is 0.228 e. The maximum atomic E-state index is 12.8. The second-order valence-electron chi connectivity index (χ2n) is 6.94. The van der Waals surface area contributed by atoms with Crippen LogP contribution in [0.1, 0.15) is 43.4 Å². The Morgan fingerprint density at radius 3 is 2.62 bits per heavy atom. The fourth-order valence-corrected chi connectivity index (χ4v) is 5.01. The molecule has 0 radical (unpaired) electrons. The summed E-state index contributed by atoms with van der Waals surface area (Å²) in [7, 11) is 0.693. The van der Waals surface area contributed by atoms with E-state index in [-0.39, 0.29) is 11.8 Å². The summed E-state index contributed by atoms with van der Waals surface area (Å²) in [4.78, 5) is 12.8. The number of carbonyl (C=O) groups is 1. The van der Waals surface area contributed by atoms with E-state index in [1.54, 1.807) is 11.8 Å². The zero-order valence-corrected chi connectivity index (χ0v) is 15.7. The monoisotopic (exact) mass is 373 g/mol. The molecule has 0 spiro atoms. The normalized spacial score (nSPS) is 20.0. The number of ether oxygens (including phenoxy) is 1. The largest absolute Gasteiger partial charge is 0.497 e. The maximum Gasteiger partial charge on any atom is 0.228 e. The summed E-state index contributed by atoms with van der Waals surface area (Å²) in [5.41, 5.74) is 2.58. The molecule has 1 fully saturated rings. The number of nitrogens with zero attached hydrogens (tertiary/aromatic N) is 2. The highest BCUT2D eigenvalue weighted by Gasteiger charge is 2.30. The first-order valence-corrected chi connectivity index (χ1v) is 10.6. The number of benzene rings is 1. The number of carbonyl (C=O) groups excluding carboxylic acids is 1. The molecule has 1 aliphatic carbocycles. The van der Waals surface area contributed by atoms with Gasteiger partial charge in [-0.2, -0.15) is 5.10 Å². The number of rotatable bonds is 4. The Morgan fingerprint density at radius 1 is 1.19 bits per heavy atom. The van der Waals surface area contributed by atoms with Gasteiger partial charge in [-0.05, 0) is 37.1 Å². The van der Waals surface area contributed by atoms with E-state index in [2.05, 4.69) is 10.4 Å². The molecule has 0 bridgehead atoms. The van der Waals surface area contributed by atoms with Crippen LogP contribution in [0, 0.1) is 5.92 Å². The molecular formula is C19H23N3O3S. The van der Waals surface area contributed by atoms with Crippen LogP contribution in [0.3, 0.4) is 0 Å². The first-order chi connectivity index (χ1) is 12.7. The summed E-state index contributed by atoms with van der Waals surface area (Å²) in [6.07, 6.45) is 5.31. The predicted octanol–water partition coefficient (Wildman–Crippen LogP) is 3.16. The van der Waals surface area contributed by atoms with Gasteiger partial charge in [0, 0.05) is 22.3 Å². The third kappa shape index (κ3) is 3.28. The van der Waals surface area contributed by atoms with Crippen LogP contribution >= 0.6 is 0 Å². The molecule has 138 valence electrons. The van der Waals surface area contributed by atoms with Gasteiger partial charge in [-0.3, -0.25) is 9.00 Å². The third-order valence-electron chi connectivity index (χ3n) is 5.20. The summed E-state index contributed by atoms with van der Waals surface area (Å²) in [5, 5.41) is 7.74. The molecule has 7 heteroatoms. The molecule has 1 amide bonds. The van der Waals surface area contributed by atoms with Crippen molar-refractivity contribution in [2.45, 2.75) is 43.6 Å². The van der Waals surface area contributed by atoms with E-state index in [9.17, 15) is 9.00 Å². The molecule has 2 heterocycles. The number of methoxy groups -OCH3 is 1. The van der Waals surface area contributed by atoms with E-state index >= 15 is 0 Å². The lowest BCUT2D eigenvalue weighted by Crippen LogP contribution is -2.26. The van der Waals surface area contributed by atoms with Gasteiger partial charge in [-0.25, -0.2) is 4.68 Å². The number of anilines is 1. The van der Waals surface area contributed by atoms with Crippen LogP contribution in [0.25, 0.3) is 5.69 Å². The lowest BCUT2D eigenvalue weighted by atomic mass is 9.88. The Kier molecular flexibility index (Phi) is 4.80. The minimum Gasteiger partial charge on any atom is -0.497 e. The second kappa shape index (κ2) is 7.23. The van der Waals surface area contributed by atoms with Crippen LogP contribution in [0.4, 0.5) is 5.82 Å². The Morgan fingerprint density at radius 2 is 1.92 bits per heavy atom. The molecule has 2 aromatic rings. The molecule has 1 saturated carbocycles. The van der Waals surface area contributed by atoms with E-state index in [1.807, 2.05) is 24.3 Å². The third-order valence-corrected chi connectivity index (χ3v) is 6.41. The van der Waals surface area contributed by atoms with Crippen LogP contribution in [-0.4, -0.2) is 27.0 Å². The Labute approximate surface area is 155 Å². The van der Waals surface area contributed by atoms with Crippen LogP contribution in [-0.2, 0) is 27.1 Å². The maximum absolute atomic E-state index is 12.8. The number of hydrogen-bond acceptors (Lipinski definition) is 4. The highest BCUT2D eigenvalue weighted by molar-refractivity contribution is 7.83. The van der Waals surface area contributed by atoms with Crippen LogP contribution < -0.4 is 10.1 Å². The molecule has 26 heavy (non-hydrogen) atoms. The van der Waals surface area contributed by atoms with Gasteiger partial charge < -0.3 is 10.1 Å². The van der Waals surface area contributed by atoms with Gasteiger partial charge in [0.1, 0.15) is 11.6 Å². The van der Waals surface area contributed by atoms with Gasteiger partial charge in [0.25, 0.3) is 0 Å². The zero-order valence-electron chi connectivity index (χ0n) is 14.9. The minimum absolute atomic E-state index is 0.0554. The Bertz CT molecular complexity index is 838. The van der Waals surface area contributed by atoms with Gasteiger partial charge in [-0.1, -0.05) is 19.3 Å². The summed E-state index contributed by atoms with van der Waals surface area (Å²) >= 11 is 0. The first-order valence-electron chi connectivity index (χ1n) is 9.06. The van der Waals surface area contributed by atoms with Crippen LogP contribution in [0.5, 0.6) is 5.75 Å². The summed E-state index contributed by atoms with van der Waals surface area (Å²) in [6.45, 7) is 0. The molecule has 0 saturated heterocycles. The van der Waals surface area contributed by atoms with Gasteiger partial charge in [0.05, 0.1) is 30.0 Å². The average molecular weight is 373 g/mol. The minimum atomic E-state index is -0.935. The molecular weight excluding hydrogens is 350 g/mol. The first kappa shape index (κ1) is 17.3. The van der Waals surface area contributed by atoms with E-state index < -0.39 is 10.8 Å². The van der Waals surface area contributed by atoms with Crippen molar-refractivity contribution < 1.29 is 13.7 Å². The number of fused-ring (bicyclic) bond motifs is 1. The van der Waals surface area contributed by atoms with E-state index in [4.69, 9.17) is 4.74 Å². The molecule has 1 N–H and O–H groups in total. The Balaban J connectivity index is 1.67. The van der Waals surface area contributed by atoms with E-state index in [0.717, 1.165) is 48.4 Å². The van der Waals surface area contributed by atoms with Gasteiger partial charge in [0.2, 0.25) is 5.91 Å². The van der Waals surface area contributed by atoms with Crippen molar-refractivity contribution >= 4 is 22.5 Å². The van der Waals surface area contributed by atoms with Crippen LogP contribution in [0.2, 0.25) is 0 Å². The lowest BCUT2D eigenvalue weighted by molar-refractivity contribution is -0.120. The molecule has 0 unspecified atom stereocenters. The Hall–Kier alpha value is -2.15. The number of amides is 1. The fourth-order valence-electron chi connectivity index (χ4n) is 3.75. The molecule has 4 rings (SSSR count). The molecule has 6 nitrogen and oxygen atoms in total. The average Bonchev–Trinajstić information content (AvgIpc) is 3.19. The topological polar surface area (TPSA) is 73.2 Å². The number of hydrogen-bond donors (Lipinski definition) is 1. The van der Waals surface area contributed by atoms with Crippen molar-refractivity contribution in [1.82, 2.24) is 9.78 Å². The van der Waals surface area contributed by atoms with Gasteiger partial charge in [0.15, 0.2) is 0 Å². The van der Waals surface area contributed by atoms with Crippen molar-refractivity contribution in [2.24, 2.45) is 5.92 Å². The molecule has 1 atom stereocenters. The SMILES string of the molecule is COc1ccc(-n2nc3c(c2NC(=O)C2CCCCC2)C[S@](=O)C3)cc1. The fraction of sp³-hybridized carbons (Fsp3) is 0.474. The second-order valence-corrected chi connectivity index (χ2v) is 8.39. The van der Waals surface area contributed by atoms with E-state index in [1.165, 1.54) is 6.42 Å². The predicted molar refractivity (Wildman–Crippen MR) is 101 cm³/mol. The van der Waals surface area contributed by atoms with Crippen molar-refractivity contribution in [3.63, 3.8) is 0 Å². The zero-order chi connectivity index (χ0) is 18.1. The highest BCUT2D eigenvalue weighted by atomic mass is 32.2. The summed E-state index contributed by atoms with van der Waals surface area (Å²) in [5.74, 6) is 2.45.